The first-order valence-corrected chi connectivity index (χ1v) is 7.50. The Balaban J connectivity index is 2.05. The summed E-state index contributed by atoms with van der Waals surface area (Å²) < 4.78 is 10.2. The monoisotopic (exact) mass is 306 g/mol. The van der Waals surface area contributed by atoms with Gasteiger partial charge in [-0.1, -0.05) is 0 Å². The van der Waals surface area contributed by atoms with Crippen molar-refractivity contribution in [3.8, 4) is 0 Å². The van der Waals surface area contributed by atoms with Crippen molar-refractivity contribution in [1.82, 2.24) is 9.88 Å². The first-order valence-electron chi connectivity index (χ1n) is 7.50. The molecule has 6 nitrogen and oxygen atoms in total. The molecule has 1 saturated heterocycles. The lowest BCUT2D eigenvalue weighted by molar-refractivity contribution is -0.140. The van der Waals surface area contributed by atoms with Gasteiger partial charge >= 0.3 is 5.97 Å². The molecular formula is C16H22N2O4. The number of hydrogen-bond acceptors (Lipinski definition) is 5. The van der Waals surface area contributed by atoms with Gasteiger partial charge in [-0.25, -0.2) is 0 Å². The lowest BCUT2D eigenvalue weighted by atomic mass is 10.2. The van der Waals surface area contributed by atoms with E-state index < -0.39 is 0 Å². The molecule has 0 spiro atoms. The topological polar surface area (TPSA) is 68.7 Å². The smallest absolute Gasteiger partial charge is 0.307 e. The van der Waals surface area contributed by atoms with E-state index in [1.807, 2.05) is 6.92 Å². The van der Waals surface area contributed by atoms with E-state index in [2.05, 4.69) is 9.72 Å². The van der Waals surface area contributed by atoms with Gasteiger partial charge in [0.05, 0.1) is 25.2 Å². The minimum absolute atomic E-state index is 0.0417. The van der Waals surface area contributed by atoms with Gasteiger partial charge in [-0.05, 0) is 31.9 Å². The van der Waals surface area contributed by atoms with Crippen LogP contribution < -0.4 is 0 Å². The normalized spacial score (nSPS) is 17.3. The Morgan fingerprint density at radius 1 is 1.45 bits per heavy atom. The van der Waals surface area contributed by atoms with Crippen LogP contribution in [-0.2, 0) is 14.3 Å². The molecule has 1 aliphatic heterocycles. The van der Waals surface area contributed by atoms with E-state index in [9.17, 15) is 9.59 Å². The average molecular weight is 306 g/mol. The van der Waals surface area contributed by atoms with Gasteiger partial charge in [-0.15, -0.1) is 0 Å². The second-order valence-electron chi connectivity index (χ2n) is 5.40. The molecule has 2 rings (SSSR count). The van der Waals surface area contributed by atoms with E-state index in [1.54, 1.807) is 23.2 Å². The zero-order valence-corrected chi connectivity index (χ0v) is 13.1. The van der Waals surface area contributed by atoms with Crippen molar-refractivity contribution in [3.63, 3.8) is 0 Å². The highest BCUT2D eigenvalue weighted by atomic mass is 16.5. The summed E-state index contributed by atoms with van der Waals surface area (Å²) in [6.45, 7) is 3.41. The van der Waals surface area contributed by atoms with E-state index in [0.29, 0.717) is 18.7 Å². The molecule has 1 aromatic heterocycles. The Morgan fingerprint density at radius 3 is 2.86 bits per heavy atom. The van der Waals surface area contributed by atoms with Crippen LogP contribution in [0.25, 0.3) is 0 Å². The van der Waals surface area contributed by atoms with Gasteiger partial charge < -0.3 is 14.4 Å². The highest BCUT2D eigenvalue weighted by molar-refractivity contribution is 5.94. The third-order valence-electron chi connectivity index (χ3n) is 3.71. The molecule has 1 fully saturated rings. The highest BCUT2D eigenvalue weighted by Crippen LogP contribution is 2.15. The molecule has 0 radical (unpaired) electrons. The number of carbonyl (C=O) groups excluding carboxylic acids is 2. The Labute approximate surface area is 130 Å². The SMILES string of the molecule is COC(=O)CCN(CC1CCCO1)C(=O)c1ccc(C)nc1. The van der Waals surface area contributed by atoms with Gasteiger partial charge in [0.25, 0.3) is 5.91 Å². The van der Waals surface area contributed by atoms with Crippen molar-refractivity contribution in [2.75, 3.05) is 26.8 Å². The minimum Gasteiger partial charge on any atom is -0.469 e. The van der Waals surface area contributed by atoms with Crippen molar-refractivity contribution < 1.29 is 19.1 Å². The summed E-state index contributed by atoms with van der Waals surface area (Å²) in [7, 11) is 1.35. The summed E-state index contributed by atoms with van der Waals surface area (Å²) in [5, 5.41) is 0. The number of ether oxygens (including phenoxy) is 2. The fraction of sp³-hybridized carbons (Fsp3) is 0.562. The number of rotatable bonds is 6. The molecule has 1 unspecified atom stereocenters. The van der Waals surface area contributed by atoms with Crippen LogP contribution in [0.3, 0.4) is 0 Å². The van der Waals surface area contributed by atoms with Crippen molar-refractivity contribution in [1.29, 1.82) is 0 Å². The molecule has 2 heterocycles. The number of esters is 1. The van der Waals surface area contributed by atoms with Crippen LogP contribution in [0.2, 0.25) is 0 Å². The fourth-order valence-electron chi connectivity index (χ4n) is 2.42. The first kappa shape index (κ1) is 16.4. The summed E-state index contributed by atoms with van der Waals surface area (Å²) in [4.78, 5) is 29.8. The van der Waals surface area contributed by atoms with E-state index in [0.717, 1.165) is 25.1 Å². The standard InChI is InChI=1S/C16H22N2O4/c1-12-5-6-13(10-17-12)16(20)18(8-7-15(19)21-2)11-14-4-3-9-22-14/h5-6,10,14H,3-4,7-9,11H2,1-2H3. The number of pyridine rings is 1. The molecule has 1 amide bonds. The molecule has 0 saturated carbocycles. The lowest BCUT2D eigenvalue weighted by Crippen LogP contribution is -2.39. The molecule has 6 heteroatoms. The molecule has 0 aliphatic carbocycles. The number of amides is 1. The number of aromatic nitrogens is 1. The number of methoxy groups -OCH3 is 1. The molecule has 1 aromatic rings. The van der Waals surface area contributed by atoms with Crippen LogP contribution in [0.5, 0.6) is 0 Å². The Bertz CT molecular complexity index is 509. The maximum atomic E-state index is 12.6. The zero-order valence-electron chi connectivity index (χ0n) is 13.1. The van der Waals surface area contributed by atoms with Crippen LogP contribution >= 0.6 is 0 Å². The highest BCUT2D eigenvalue weighted by Gasteiger charge is 2.24. The van der Waals surface area contributed by atoms with Crippen LogP contribution in [-0.4, -0.2) is 54.7 Å². The van der Waals surface area contributed by atoms with Gasteiger partial charge in [0, 0.05) is 31.6 Å². The molecule has 1 aliphatic rings. The van der Waals surface area contributed by atoms with Crippen LogP contribution in [0.4, 0.5) is 0 Å². The third-order valence-corrected chi connectivity index (χ3v) is 3.71. The van der Waals surface area contributed by atoms with Gasteiger partial charge in [0.1, 0.15) is 0 Å². The van der Waals surface area contributed by atoms with Gasteiger partial charge in [-0.2, -0.15) is 0 Å². The Morgan fingerprint density at radius 2 is 2.27 bits per heavy atom. The van der Waals surface area contributed by atoms with Gasteiger partial charge in [0.2, 0.25) is 0 Å². The molecule has 22 heavy (non-hydrogen) atoms. The van der Waals surface area contributed by atoms with Crippen molar-refractivity contribution in [2.45, 2.75) is 32.3 Å². The molecule has 0 bridgehead atoms. The molecule has 0 N–H and O–H groups in total. The summed E-state index contributed by atoms with van der Waals surface area (Å²) in [6.07, 6.45) is 3.73. The zero-order chi connectivity index (χ0) is 15.9. The second-order valence-corrected chi connectivity index (χ2v) is 5.40. The largest absolute Gasteiger partial charge is 0.469 e. The predicted octanol–water partition coefficient (Wildman–Crippen LogP) is 1.57. The van der Waals surface area contributed by atoms with Crippen LogP contribution in [0.1, 0.15) is 35.3 Å². The molecule has 1 atom stereocenters. The quantitative estimate of drug-likeness (QED) is 0.746. The van der Waals surface area contributed by atoms with Crippen LogP contribution in [0.15, 0.2) is 18.3 Å². The van der Waals surface area contributed by atoms with E-state index >= 15 is 0 Å². The maximum Gasteiger partial charge on any atom is 0.307 e. The fourth-order valence-corrected chi connectivity index (χ4v) is 2.42. The summed E-state index contributed by atoms with van der Waals surface area (Å²) >= 11 is 0. The van der Waals surface area contributed by atoms with Crippen molar-refractivity contribution >= 4 is 11.9 Å². The number of hydrogen-bond donors (Lipinski definition) is 0. The molecule has 0 aromatic carbocycles. The van der Waals surface area contributed by atoms with Crippen molar-refractivity contribution in [3.05, 3.63) is 29.6 Å². The summed E-state index contributed by atoms with van der Waals surface area (Å²) in [5.74, 6) is -0.459. The lowest BCUT2D eigenvalue weighted by Gasteiger charge is -2.25. The average Bonchev–Trinajstić information content (AvgIpc) is 3.04. The first-order chi connectivity index (χ1) is 10.6. The third kappa shape index (κ3) is 4.53. The van der Waals surface area contributed by atoms with Crippen LogP contribution in [0, 0.1) is 6.92 Å². The molecular weight excluding hydrogens is 284 g/mol. The number of carbonyl (C=O) groups is 2. The van der Waals surface area contributed by atoms with E-state index in [-0.39, 0.29) is 24.4 Å². The Kier molecular flexibility index (Phi) is 5.89. The van der Waals surface area contributed by atoms with Crippen molar-refractivity contribution in [2.24, 2.45) is 0 Å². The number of nitrogens with zero attached hydrogens (tertiary/aromatic N) is 2. The van der Waals surface area contributed by atoms with E-state index in [1.165, 1.54) is 7.11 Å². The summed E-state index contributed by atoms with van der Waals surface area (Å²) in [6, 6.07) is 3.56. The van der Waals surface area contributed by atoms with Gasteiger partial charge in [-0.3, -0.25) is 14.6 Å². The van der Waals surface area contributed by atoms with Gasteiger partial charge in [0.15, 0.2) is 0 Å². The predicted molar refractivity (Wildman–Crippen MR) is 80.5 cm³/mol. The molecule has 120 valence electrons. The van der Waals surface area contributed by atoms with E-state index in [4.69, 9.17) is 4.74 Å². The minimum atomic E-state index is -0.327. The second kappa shape index (κ2) is 7.89. The Hall–Kier alpha value is -1.95. The number of aryl methyl sites for hydroxylation is 1. The summed E-state index contributed by atoms with van der Waals surface area (Å²) in [5.41, 5.74) is 1.38. The maximum absolute atomic E-state index is 12.6.